The predicted molar refractivity (Wildman–Crippen MR) is 71.2 cm³/mol. The molecule has 0 bridgehead atoms. The van der Waals surface area contributed by atoms with Gasteiger partial charge in [-0.15, -0.1) is 0 Å². The SMILES string of the molecule is Cc1cccc(OCC(C)C(=O)NCC(=O)O)c1C. The first-order chi connectivity index (χ1) is 8.91. The van der Waals surface area contributed by atoms with Crippen LogP contribution in [0.3, 0.4) is 0 Å². The van der Waals surface area contributed by atoms with Crippen molar-refractivity contribution in [3.8, 4) is 5.75 Å². The van der Waals surface area contributed by atoms with Gasteiger partial charge in [0.05, 0.1) is 12.5 Å². The standard InChI is InChI=1S/C14H19NO4/c1-9-5-4-6-12(11(9)3)19-8-10(2)14(18)15-7-13(16)17/h4-6,10H,7-8H2,1-3H3,(H,15,18)(H,16,17). The van der Waals surface area contributed by atoms with E-state index in [9.17, 15) is 9.59 Å². The molecule has 0 aliphatic carbocycles. The van der Waals surface area contributed by atoms with Gasteiger partial charge >= 0.3 is 5.97 Å². The Morgan fingerprint density at radius 2 is 2.05 bits per heavy atom. The molecule has 0 aliphatic heterocycles. The maximum atomic E-state index is 11.6. The molecule has 19 heavy (non-hydrogen) atoms. The molecule has 5 nitrogen and oxygen atoms in total. The Labute approximate surface area is 112 Å². The van der Waals surface area contributed by atoms with Gasteiger partial charge in [-0.1, -0.05) is 19.1 Å². The fraction of sp³-hybridized carbons (Fsp3) is 0.429. The number of aliphatic carboxylic acids is 1. The number of carbonyl (C=O) groups is 2. The van der Waals surface area contributed by atoms with E-state index in [2.05, 4.69) is 5.32 Å². The molecule has 0 radical (unpaired) electrons. The molecule has 1 aromatic rings. The van der Waals surface area contributed by atoms with Gasteiger partial charge in [0.25, 0.3) is 0 Å². The molecule has 1 atom stereocenters. The second-order valence-electron chi connectivity index (χ2n) is 4.52. The van der Waals surface area contributed by atoms with Gasteiger partial charge in [-0.2, -0.15) is 0 Å². The zero-order chi connectivity index (χ0) is 14.4. The smallest absolute Gasteiger partial charge is 0.322 e. The summed E-state index contributed by atoms with van der Waals surface area (Å²) in [5, 5.41) is 10.8. The van der Waals surface area contributed by atoms with Gasteiger partial charge in [0, 0.05) is 0 Å². The van der Waals surface area contributed by atoms with Crippen LogP contribution in [0.5, 0.6) is 5.75 Å². The van der Waals surface area contributed by atoms with Crippen LogP contribution >= 0.6 is 0 Å². The minimum Gasteiger partial charge on any atom is -0.492 e. The van der Waals surface area contributed by atoms with E-state index >= 15 is 0 Å². The number of benzene rings is 1. The summed E-state index contributed by atoms with van der Waals surface area (Å²) in [5.41, 5.74) is 2.17. The van der Waals surface area contributed by atoms with Crippen LogP contribution < -0.4 is 10.1 Å². The average molecular weight is 265 g/mol. The van der Waals surface area contributed by atoms with Crippen molar-refractivity contribution in [1.82, 2.24) is 5.32 Å². The first-order valence-corrected chi connectivity index (χ1v) is 6.10. The van der Waals surface area contributed by atoms with Gasteiger partial charge in [-0.25, -0.2) is 0 Å². The molecule has 0 saturated heterocycles. The first-order valence-electron chi connectivity index (χ1n) is 6.10. The lowest BCUT2D eigenvalue weighted by Gasteiger charge is -2.15. The third kappa shape index (κ3) is 4.62. The van der Waals surface area contributed by atoms with Crippen LogP contribution in [0.4, 0.5) is 0 Å². The second-order valence-corrected chi connectivity index (χ2v) is 4.52. The van der Waals surface area contributed by atoms with Crippen molar-refractivity contribution < 1.29 is 19.4 Å². The summed E-state index contributed by atoms with van der Waals surface area (Å²) in [6.07, 6.45) is 0. The van der Waals surface area contributed by atoms with Crippen molar-refractivity contribution in [2.75, 3.05) is 13.2 Å². The van der Waals surface area contributed by atoms with Crippen LogP contribution in [0, 0.1) is 19.8 Å². The van der Waals surface area contributed by atoms with E-state index < -0.39 is 11.9 Å². The lowest BCUT2D eigenvalue weighted by Crippen LogP contribution is -2.35. The second kappa shape index (κ2) is 6.78. The van der Waals surface area contributed by atoms with Crippen LogP contribution in [0.1, 0.15) is 18.1 Å². The highest BCUT2D eigenvalue weighted by Gasteiger charge is 2.15. The maximum Gasteiger partial charge on any atom is 0.322 e. The third-order valence-corrected chi connectivity index (χ3v) is 2.91. The van der Waals surface area contributed by atoms with Crippen LogP contribution in [0.2, 0.25) is 0 Å². The Hall–Kier alpha value is -2.04. The Morgan fingerprint density at radius 3 is 2.68 bits per heavy atom. The Balaban J connectivity index is 2.49. The van der Waals surface area contributed by atoms with Gasteiger partial charge in [-0.05, 0) is 31.0 Å². The lowest BCUT2D eigenvalue weighted by molar-refractivity contribution is -0.138. The first kappa shape index (κ1) is 15.0. The van der Waals surface area contributed by atoms with E-state index in [1.54, 1.807) is 6.92 Å². The molecule has 1 aromatic carbocycles. The molecule has 0 fully saturated rings. The number of rotatable bonds is 6. The van der Waals surface area contributed by atoms with Crippen LogP contribution in [0.25, 0.3) is 0 Å². The van der Waals surface area contributed by atoms with Gasteiger partial charge in [0.1, 0.15) is 12.3 Å². The largest absolute Gasteiger partial charge is 0.492 e. The maximum absolute atomic E-state index is 11.6. The number of amides is 1. The number of carbonyl (C=O) groups excluding carboxylic acids is 1. The zero-order valence-electron chi connectivity index (χ0n) is 11.4. The van der Waals surface area contributed by atoms with Crippen molar-refractivity contribution in [3.63, 3.8) is 0 Å². The molecule has 0 heterocycles. The molecular formula is C14H19NO4. The molecule has 0 aliphatic rings. The van der Waals surface area contributed by atoms with Gasteiger partial charge in [0.15, 0.2) is 0 Å². The molecule has 0 spiro atoms. The number of ether oxygens (including phenoxy) is 1. The minimum absolute atomic E-state index is 0.218. The highest BCUT2D eigenvalue weighted by Crippen LogP contribution is 2.21. The zero-order valence-corrected chi connectivity index (χ0v) is 11.4. The number of aryl methyl sites for hydroxylation is 1. The number of carboxylic acid groups (broad SMARTS) is 1. The summed E-state index contributed by atoms with van der Waals surface area (Å²) in [6.45, 7) is 5.50. The number of hydrogen-bond acceptors (Lipinski definition) is 3. The van der Waals surface area contributed by atoms with Gasteiger partial charge < -0.3 is 15.2 Å². The molecule has 0 aromatic heterocycles. The van der Waals surface area contributed by atoms with E-state index in [0.29, 0.717) is 0 Å². The summed E-state index contributed by atoms with van der Waals surface area (Å²) in [6, 6.07) is 5.74. The Bertz CT molecular complexity index is 471. The van der Waals surface area contributed by atoms with Crippen molar-refractivity contribution in [2.45, 2.75) is 20.8 Å². The quantitative estimate of drug-likeness (QED) is 0.817. The van der Waals surface area contributed by atoms with Crippen molar-refractivity contribution in [1.29, 1.82) is 0 Å². The van der Waals surface area contributed by atoms with E-state index in [0.717, 1.165) is 16.9 Å². The highest BCUT2D eigenvalue weighted by molar-refractivity contribution is 5.82. The molecule has 2 N–H and O–H groups in total. The monoisotopic (exact) mass is 265 g/mol. The molecule has 1 unspecified atom stereocenters. The minimum atomic E-state index is -1.06. The van der Waals surface area contributed by atoms with Crippen LogP contribution in [-0.2, 0) is 9.59 Å². The molecule has 0 saturated carbocycles. The third-order valence-electron chi connectivity index (χ3n) is 2.91. The van der Waals surface area contributed by atoms with Crippen LogP contribution in [0.15, 0.2) is 18.2 Å². The van der Waals surface area contributed by atoms with E-state index in [1.165, 1.54) is 0 Å². The van der Waals surface area contributed by atoms with E-state index in [1.807, 2.05) is 32.0 Å². The van der Waals surface area contributed by atoms with E-state index in [-0.39, 0.29) is 19.1 Å². The molecule has 5 heteroatoms. The van der Waals surface area contributed by atoms with Gasteiger partial charge in [-0.3, -0.25) is 9.59 Å². The Kier molecular flexibility index (Phi) is 5.36. The molecule has 1 amide bonds. The van der Waals surface area contributed by atoms with E-state index in [4.69, 9.17) is 9.84 Å². The number of hydrogen-bond donors (Lipinski definition) is 2. The predicted octanol–water partition coefficient (Wildman–Crippen LogP) is 1.52. The van der Waals surface area contributed by atoms with Crippen molar-refractivity contribution in [3.05, 3.63) is 29.3 Å². The molecular weight excluding hydrogens is 246 g/mol. The van der Waals surface area contributed by atoms with Crippen molar-refractivity contribution >= 4 is 11.9 Å². The lowest BCUT2D eigenvalue weighted by atomic mass is 10.1. The Morgan fingerprint density at radius 1 is 1.37 bits per heavy atom. The fourth-order valence-electron chi connectivity index (χ4n) is 1.51. The number of nitrogens with one attached hydrogen (secondary N) is 1. The van der Waals surface area contributed by atoms with Crippen molar-refractivity contribution in [2.24, 2.45) is 5.92 Å². The summed E-state index contributed by atoms with van der Waals surface area (Å²) in [5.74, 6) is -1.04. The fourth-order valence-corrected chi connectivity index (χ4v) is 1.51. The summed E-state index contributed by atoms with van der Waals surface area (Å²) < 4.78 is 5.60. The number of carboxylic acids is 1. The summed E-state index contributed by atoms with van der Waals surface area (Å²) in [7, 11) is 0. The highest BCUT2D eigenvalue weighted by atomic mass is 16.5. The summed E-state index contributed by atoms with van der Waals surface area (Å²) in [4.78, 5) is 21.9. The topological polar surface area (TPSA) is 75.6 Å². The van der Waals surface area contributed by atoms with Crippen LogP contribution in [-0.4, -0.2) is 30.1 Å². The average Bonchev–Trinajstić information content (AvgIpc) is 2.37. The normalized spacial score (nSPS) is 11.7. The summed E-state index contributed by atoms with van der Waals surface area (Å²) >= 11 is 0. The molecule has 104 valence electrons. The molecule has 1 rings (SSSR count). The van der Waals surface area contributed by atoms with Gasteiger partial charge in [0.2, 0.25) is 5.91 Å².